The number of ether oxygens (including phenoxy) is 1. The number of rotatable bonds is 9. The molecule has 4 N–H and O–H groups in total. The minimum Gasteiger partial charge on any atom is -0.492 e. The molecule has 0 spiro atoms. The summed E-state index contributed by atoms with van der Waals surface area (Å²) in [6, 6.07) is 19.6. The van der Waals surface area contributed by atoms with E-state index in [4.69, 9.17) is 4.74 Å². The van der Waals surface area contributed by atoms with Gasteiger partial charge in [-0.3, -0.25) is 10.0 Å². The molecule has 0 saturated heterocycles. The Hall–Kier alpha value is -2.34. The van der Waals surface area contributed by atoms with Gasteiger partial charge >= 0.3 is 0 Å². The van der Waals surface area contributed by atoms with Crippen molar-refractivity contribution in [3.63, 3.8) is 0 Å². The number of hydrogen-bond acceptors (Lipinski definition) is 5. The molecule has 3 aromatic carbocycles. The molecular weight excluding hydrogens is 541 g/mol. The smallest absolute Gasteiger partial charge is 0.229 e. The van der Waals surface area contributed by atoms with Crippen LogP contribution in [-0.2, 0) is 16.4 Å². The molecule has 7 nitrogen and oxygen atoms in total. The van der Waals surface area contributed by atoms with Gasteiger partial charge in [-0.05, 0) is 58.5 Å². The summed E-state index contributed by atoms with van der Waals surface area (Å²) < 4.78 is 32.1. The second-order valence-electron chi connectivity index (χ2n) is 7.59. The lowest BCUT2D eigenvalue weighted by Gasteiger charge is -2.15. The number of sulfonamides is 1. The van der Waals surface area contributed by atoms with Crippen LogP contribution >= 0.6 is 22.6 Å². The average Bonchev–Trinajstić information content (AvgIpc) is 3.10. The van der Waals surface area contributed by atoms with E-state index < -0.39 is 16.3 Å². The molecular formula is C23H24IN3O4S. The highest BCUT2D eigenvalue weighted by molar-refractivity contribution is 14.1. The Labute approximate surface area is 200 Å². The van der Waals surface area contributed by atoms with Crippen molar-refractivity contribution in [3.05, 3.63) is 69.8 Å². The lowest BCUT2D eigenvalue weighted by Crippen LogP contribution is -2.34. The molecule has 0 amide bonds. The number of aliphatic hydroxyl groups is 1. The SMILES string of the molecule is CS(=O)(=O)Nc1cc(CC(O)NCCOc2ccc3c(c2)[nH]c2ccccc23)ccc1I. The van der Waals surface area contributed by atoms with Crippen LogP contribution in [0.4, 0.5) is 5.69 Å². The van der Waals surface area contributed by atoms with Crippen molar-refractivity contribution < 1.29 is 18.3 Å². The molecule has 0 aliphatic carbocycles. The Kier molecular flexibility index (Phi) is 6.89. The molecule has 4 aromatic rings. The van der Waals surface area contributed by atoms with Gasteiger partial charge in [0.25, 0.3) is 0 Å². The zero-order chi connectivity index (χ0) is 22.7. The van der Waals surface area contributed by atoms with Crippen molar-refractivity contribution in [1.82, 2.24) is 10.3 Å². The number of para-hydroxylation sites is 1. The van der Waals surface area contributed by atoms with Crippen molar-refractivity contribution >= 4 is 60.1 Å². The lowest BCUT2D eigenvalue weighted by atomic mass is 10.1. The summed E-state index contributed by atoms with van der Waals surface area (Å²) in [5, 5.41) is 15.7. The highest BCUT2D eigenvalue weighted by atomic mass is 127. The monoisotopic (exact) mass is 565 g/mol. The summed E-state index contributed by atoms with van der Waals surface area (Å²) >= 11 is 2.07. The number of hydrogen-bond donors (Lipinski definition) is 4. The fraction of sp³-hybridized carbons (Fsp3) is 0.217. The normalized spacial score (nSPS) is 12.8. The quantitative estimate of drug-likeness (QED) is 0.140. The number of nitrogens with one attached hydrogen (secondary N) is 3. The molecule has 0 aliphatic heterocycles. The summed E-state index contributed by atoms with van der Waals surface area (Å²) in [6.45, 7) is 0.862. The van der Waals surface area contributed by atoms with Crippen LogP contribution in [0.3, 0.4) is 0 Å². The molecule has 32 heavy (non-hydrogen) atoms. The lowest BCUT2D eigenvalue weighted by molar-refractivity contribution is 0.130. The largest absolute Gasteiger partial charge is 0.492 e. The van der Waals surface area contributed by atoms with Crippen LogP contribution in [0.15, 0.2) is 60.7 Å². The maximum atomic E-state index is 11.5. The van der Waals surface area contributed by atoms with Crippen LogP contribution in [0.25, 0.3) is 21.8 Å². The second kappa shape index (κ2) is 9.65. The fourth-order valence-corrected chi connectivity index (χ4v) is 4.81. The Morgan fingerprint density at radius 3 is 2.66 bits per heavy atom. The van der Waals surface area contributed by atoms with Crippen LogP contribution in [0.5, 0.6) is 5.75 Å². The van der Waals surface area contributed by atoms with Crippen molar-refractivity contribution in [2.45, 2.75) is 12.6 Å². The molecule has 1 aromatic heterocycles. The van der Waals surface area contributed by atoms with Crippen molar-refractivity contribution in [2.24, 2.45) is 0 Å². The molecule has 4 rings (SSSR count). The molecule has 0 aliphatic rings. The minimum absolute atomic E-state index is 0.344. The molecule has 0 radical (unpaired) electrons. The first kappa shape index (κ1) is 22.8. The topological polar surface area (TPSA) is 103 Å². The summed E-state index contributed by atoms with van der Waals surface area (Å²) in [4.78, 5) is 3.40. The summed E-state index contributed by atoms with van der Waals surface area (Å²) in [6.07, 6.45) is 0.680. The molecule has 0 fully saturated rings. The standard InChI is InChI=1S/C23H24IN3O4S/c1-32(29,30)27-22-12-15(6-9-19(22)24)13-23(28)25-10-11-31-16-7-8-18-17-4-2-3-5-20(17)26-21(18)14-16/h2-9,12,14,23,25-28H,10-11,13H2,1H3. The maximum absolute atomic E-state index is 11.5. The van der Waals surface area contributed by atoms with Crippen LogP contribution in [-0.4, -0.2) is 44.1 Å². The average molecular weight is 565 g/mol. The highest BCUT2D eigenvalue weighted by Gasteiger charge is 2.10. The van der Waals surface area contributed by atoms with E-state index in [9.17, 15) is 13.5 Å². The third kappa shape index (κ3) is 5.71. The summed E-state index contributed by atoms with van der Waals surface area (Å²) in [7, 11) is -3.36. The van der Waals surface area contributed by atoms with Gasteiger partial charge in [0.05, 0.1) is 17.5 Å². The van der Waals surface area contributed by atoms with E-state index in [-0.39, 0.29) is 0 Å². The number of fused-ring (bicyclic) bond motifs is 3. The van der Waals surface area contributed by atoms with Crippen LogP contribution in [0.1, 0.15) is 5.56 Å². The van der Waals surface area contributed by atoms with E-state index in [2.05, 4.69) is 49.7 Å². The van der Waals surface area contributed by atoms with Crippen LogP contribution < -0.4 is 14.8 Å². The first-order chi connectivity index (χ1) is 15.3. The van der Waals surface area contributed by atoms with Gasteiger partial charge in [0, 0.05) is 38.9 Å². The predicted octanol–water partition coefficient (Wildman–Crippen LogP) is 3.83. The van der Waals surface area contributed by atoms with Gasteiger partial charge < -0.3 is 14.8 Å². The second-order valence-corrected chi connectivity index (χ2v) is 10.5. The number of aliphatic hydroxyl groups excluding tert-OH is 1. The number of benzene rings is 3. The Morgan fingerprint density at radius 2 is 1.84 bits per heavy atom. The van der Waals surface area contributed by atoms with E-state index in [1.165, 1.54) is 5.39 Å². The van der Waals surface area contributed by atoms with Crippen molar-refractivity contribution in [2.75, 3.05) is 24.1 Å². The summed E-state index contributed by atoms with van der Waals surface area (Å²) in [5.41, 5.74) is 3.44. The molecule has 168 valence electrons. The predicted molar refractivity (Wildman–Crippen MR) is 137 cm³/mol. The number of aromatic nitrogens is 1. The van der Waals surface area contributed by atoms with E-state index in [1.807, 2.05) is 42.5 Å². The Balaban J connectivity index is 1.29. The number of aromatic amines is 1. The van der Waals surface area contributed by atoms with Crippen LogP contribution in [0, 0.1) is 3.57 Å². The number of anilines is 1. The zero-order valence-electron chi connectivity index (χ0n) is 17.4. The van der Waals surface area contributed by atoms with E-state index in [0.29, 0.717) is 25.3 Å². The highest BCUT2D eigenvalue weighted by Crippen LogP contribution is 2.28. The molecule has 1 atom stereocenters. The number of halogens is 1. The van der Waals surface area contributed by atoms with Gasteiger partial charge in [-0.15, -0.1) is 0 Å². The molecule has 1 unspecified atom stereocenters. The third-order valence-electron chi connectivity index (χ3n) is 4.98. The first-order valence-corrected chi connectivity index (χ1v) is 13.1. The van der Waals surface area contributed by atoms with Gasteiger partial charge in [0.1, 0.15) is 18.6 Å². The van der Waals surface area contributed by atoms with Crippen molar-refractivity contribution in [3.8, 4) is 5.75 Å². The van der Waals surface area contributed by atoms with Gasteiger partial charge in [-0.2, -0.15) is 0 Å². The Bertz CT molecular complexity index is 1350. The van der Waals surface area contributed by atoms with Crippen molar-refractivity contribution in [1.29, 1.82) is 0 Å². The Morgan fingerprint density at radius 1 is 1.06 bits per heavy atom. The fourth-order valence-electron chi connectivity index (χ4n) is 3.59. The molecule has 0 saturated carbocycles. The molecule has 9 heteroatoms. The van der Waals surface area contributed by atoms with E-state index in [0.717, 1.165) is 37.6 Å². The van der Waals surface area contributed by atoms with Gasteiger partial charge in [-0.1, -0.05) is 24.3 Å². The minimum atomic E-state index is -3.36. The first-order valence-electron chi connectivity index (χ1n) is 10.1. The van der Waals surface area contributed by atoms with E-state index in [1.54, 1.807) is 6.07 Å². The van der Waals surface area contributed by atoms with Gasteiger partial charge in [0.15, 0.2) is 0 Å². The maximum Gasteiger partial charge on any atom is 0.229 e. The zero-order valence-corrected chi connectivity index (χ0v) is 20.4. The molecule has 0 bridgehead atoms. The summed E-state index contributed by atoms with van der Waals surface area (Å²) in [5.74, 6) is 0.759. The van der Waals surface area contributed by atoms with Gasteiger partial charge in [0.2, 0.25) is 10.0 Å². The van der Waals surface area contributed by atoms with Gasteiger partial charge in [-0.25, -0.2) is 8.42 Å². The van der Waals surface area contributed by atoms with E-state index >= 15 is 0 Å². The molecule has 1 heterocycles. The van der Waals surface area contributed by atoms with Crippen LogP contribution in [0.2, 0.25) is 0 Å². The number of H-pyrrole nitrogens is 1. The third-order valence-corrected chi connectivity index (χ3v) is 6.51.